The van der Waals surface area contributed by atoms with E-state index in [1.807, 2.05) is 36.0 Å². The van der Waals surface area contributed by atoms with E-state index in [-0.39, 0.29) is 10.7 Å². The molecule has 0 bridgehead atoms. The van der Waals surface area contributed by atoms with Crippen molar-refractivity contribution in [3.8, 4) is 0 Å². The third kappa shape index (κ3) is 5.03. The average molecular weight is 377 g/mol. The Labute approximate surface area is 157 Å². The van der Waals surface area contributed by atoms with Crippen molar-refractivity contribution < 1.29 is 4.79 Å². The van der Waals surface area contributed by atoms with Crippen LogP contribution in [-0.2, 0) is 13.0 Å². The Hall–Kier alpha value is -1.44. The van der Waals surface area contributed by atoms with E-state index in [0.717, 1.165) is 42.5 Å². The highest BCUT2D eigenvalue weighted by Gasteiger charge is 2.27. The first-order valence-corrected chi connectivity index (χ1v) is 10.3. The molecular weight excluding hydrogens is 352 g/mol. The number of thioether (sulfide) groups is 1. The number of carbonyl (C=O) groups excluding carboxylic acids is 1. The highest BCUT2D eigenvalue weighted by atomic mass is 32.2. The molecule has 5 nitrogen and oxygen atoms in total. The summed E-state index contributed by atoms with van der Waals surface area (Å²) < 4.78 is 0.272. The van der Waals surface area contributed by atoms with Crippen molar-refractivity contribution in [2.45, 2.75) is 38.5 Å². The highest BCUT2D eigenvalue weighted by Crippen LogP contribution is 2.30. The second-order valence-corrected chi connectivity index (χ2v) is 9.69. The van der Waals surface area contributed by atoms with E-state index >= 15 is 0 Å². The molecule has 0 radical (unpaired) electrons. The standard InChI is InChI=1S/C18H24N4OS2/c1-4-13-5-7-14(8-6-13)19-16(23)17-21-20-15(25-17)11-22-9-10-24-18(2,3)12-22/h5-8H,4,9-12H2,1-3H3,(H,19,23). The normalized spacial score (nSPS) is 17.4. The summed E-state index contributed by atoms with van der Waals surface area (Å²) in [4.78, 5) is 14.7. The molecule has 1 aromatic heterocycles. The predicted molar refractivity (Wildman–Crippen MR) is 105 cm³/mol. The smallest absolute Gasteiger partial charge is 0.286 e. The number of benzene rings is 1. The Kier molecular flexibility index (Phi) is 5.76. The van der Waals surface area contributed by atoms with E-state index in [9.17, 15) is 4.79 Å². The van der Waals surface area contributed by atoms with Gasteiger partial charge in [-0.25, -0.2) is 0 Å². The van der Waals surface area contributed by atoms with Crippen LogP contribution in [0, 0.1) is 0 Å². The quantitative estimate of drug-likeness (QED) is 0.863. The molecule has 1 amide bonds. The fourth-order valence-electron chi connectivity index (χ4n) is 2.86. The Morgan fingerprint density at radius 3 is 2.72 bits per heavy atom. The van der Waals surface area contributed by atoms with Crippen LogP contribution in [-0.4, -0.2) is 44.6 Å². The topological polar surface area (TPSA) is 58.1 Å². The van der Waals surface area contributed by atoms with Gasteiger partial charge >= 0.3 is 0 Å². The fourth-order valence-corrected chi connectivity index (χ4v) is 4.81. The number of carbonyl (C=O) groups is 1. The van der Waals surface area contributed by atoms with Gasteiger partial charge in [-0.3, -0.25) is 9.69 Å². The second kappa shape index (κ2) is 7.85. The molecule has 3 rings (SSSR count). The van der Waals surface area contributed by atoms with Gasteiger partial charge in [-0.1, -0.05) is 30.4 Å². The van der Waals surface area contributed by atoms with Crippen molar-refractivity contribution in [3.05, 3.63) is 39.8 Å². The van der Waals surface area contributed by atoms with Crippen molar-refractivity contribution in [3.63, 3.8) is 0 Å². The zero-order valence-corrected chi connectivity index (χ0v) is 16.5. The molecule has 1 saturated heterocycles. The summed E-state index contributed by atoms with van der Waals surface area (Å²) in [7, 11) is 0. The van der Waals surface area contributed by atoms with Gasteiger partial charge in [-0.2, -0.15) is 11.8 Å². The van der Waals surface area contributed by atoms with Gasteiger partial charge in [0.2, 0.25) is 5.01 Å². The van der Waals surface area contributed by atoms with Crippen LogP contribution in [0.15, 0.2) is 24.3 Å². The van der Waals surface area contributed by atoms with Crippen LogP contribution in [0.3, 0.4) is 0 Å². The van der Waals surface area contributed by atoms with Gasteiger partial charge in [0.15, 0.2) is 0 Å². The van der Waals surface area contributed by atoms with E-state index in [2.05, 4.69) is 41.2 Å². The van der Waals surface area contributed by atoms with Gasteiger partial charge < -0.3 is 5.32 Å². The number of nitrogens with zero attached hydrogens (tertiary/aromatic N) is 3. The number of hydrogen-bond acceptors (Lipinski definition) is 6. The summed E-state index contributed by atoms with van der Waals surface area (Å²) in [6.07, 6.45) is 0.986. The second-order valence-electron chi connectivity index (χ2n) is 6.82. The van der Waals surface area contributed by atoms with E-state index in [1.165, 1.54) is 16.9 Å². The predicted octanol–water partition coefficient (Wildman–Crippen LogP) is 3.68. The summed E-state index contributed by atoms with van der Waals surface area (Å²) in [6.45, 7) is 9.50. The zero-order valence-electron chi connectivity index (χ0n) is 14.9. The lowest BCUT2D eigenvalue weighted by molar-refractivity contribution is 0.102. The van der Waals surface area contributed by atoms with E-state index in [1.54, 1.807) is 0 Å². The van der Waals surface area contributed by atoms with Gasteiger partial charge in [0, 0.05) is 29.3 Å². The number of rotatable bonds is 5. The summed E-state index contributed by atoms with van der Waals surface area (Å²) in [5.74, 6) is 0.940. The summed E-state index contributed by atoms with van der Waals surface area (Å²) in [5, 5.41) is 12.5. The lowest BCUT2D eigenvalue weighted by Gasteiger charge is -2.36. The molecule has 0 aliphatic carbocycles. The SMILES string of the molecule is CCc1ccc(NC(=O)c2nnc(CN3CCSC(C)(C)C3)s2)cc1. The Balaban J connectivity index is 1.59. The molecule has 0 spiro atoms. The monoisotopic (exact) mass is 376 g/mol. The van der Waals surface area contributed by atoms with Gasteiger partial charge in [-0.15, -0.1) is 10.2 Å². The Bertz CT molecular complexity index is 727. The van der Waals surface area contributed by atoms with E-state index in [0.29, 0.717) is 5.01 Å². The maximum Gasteiger partial charge on any atom is 0.286 e. The van der Waals surface area contributed by atoms with Crippen LogP contribution in [0.2, 0.25) is 0 Å². The van der Waals surface area contributed by atoms with Crippen LogP contribution in [0.5, 0.6) is 0 Å². The van der Waals surface area contributed by atoms with Gasteiger partial charge in [0.25, 0.3) is 5.91 Å². The van der Waals surface area contributed by atoms with Crippen molar-refractivity contribution in [2.75, 3.05) is 24.2 Å². The minimum atomic E-state index is -0.192. The molecule has 2 aromatic rings. The molecule has 0 atom stereocenters. The molecule has 1 aliphatic rings. The lowest BCUT2D eigenvalue weighted by Crippen LogP contribution is -2.42. The first-order valence-electron chi connectivity index (χ1n) is 8.54. The average Bonchev–Trinajstić information content (AvgIpc) is 3.03. The molecule has 2 heterocycles. The number of nitrogens with one attached hydrogen (secondary N) is 1. The molecule has 0 saturated carbocycles. The highest BCUT2D eigenvalue weighted by molar-refractivity contribution is 8.00. The number of amides is 1. The fraction of sp³-hybridized carbons (Fsp3) is 0.500. The number of hydrogen-bond donors (Lipinski definition) is 1. The molecule has 1 fully saturated rings. The first kappa shape index (κ1) is 18.4. The van der Waals surface area contributed by atoms with Crippen molar-refractivity contribution in [2.24, 2.45) is 0 Å². The Morgan fingerprint density at radius 2 is 2.04 bits per heavy atom. The van der Waals surface area contributed by atoms with Crippen molar-refractivity contribution in [1.29, 1.82) is 0 Å². The van der Waals surface area contributed by atoms with Gasteiger partial charge in [-0.05, 0) is 38.0 Å². The minimum absolute atomic E-state index is 0.192. The molecule has 7 heteroatoms. The van der Waals surface area contributed by atoms with Crippen LogP contribution in [0.4, 0.5) is 5.69 Å². The summed E-state index contributed by atoms with van der Waals surface area (Å²) in [6, 6.07) is 7.90. The van der Waals surface area contributed by atoms with Crippen LogP contribution in [0.25, 0.3) is 0 Å². The summed E-state index contributed by atoms with van der Waals surface area (Å²) >= 11 is 3.39. The third-order valence-corrected chi connectivity index (χ3v) is 6.35. The molecule has 0 unspecified atom stereocenters. The third-order valence-electron chi connectivity index (χ3n) is 4.14. The van der Waals surface area contributed by atoms with Gasteiger partial charge in [0.05, 0.1) is 6.54 Å². The molecular formula is C18H24N4OS2. The van der Waals surface area contributed by atoms with Crippen molar-refractivity contribution >= 4 is 34.7 Å². The van der Waals surface area contributed by atoms with Crippen molar-refractivity contribution in [1.82, 2.24) is 15.1 Å². The Morgan fingerprint density at radius 1 is 1.28 bits per heavy atom. The maximum atomic E-state index is 12.4. The number of anilines is 1. The van der Waals surface area contributed by atoms with E-state index in [4.69, 9.17) is 0 Å². The lowest BCUT2D eigenvalue weighted by atomic mass is 10.1. The van der Waals surface area contributed by atoms with Crippen LogP contribution in [0.1, 0.15) is 41.1 Å². The summed E-state index contributed by atoms with van der Waals surface area (Å²) in [5.41, 5.74) is 2.03. The molecule has 25 heavy (non-hydrogen) atoms. The molecule has 1 N–H and O–H groups in total. The van der Waals surface area contributed by atoms with Crippen LogP contribution >= 0.6 is 23.1 Å². The number of aromatic nitrogens is 2. The number of aryl methyl sites for hydroxylation is 1. The largest absolute Gasteiger partial charge is 0.320 e. The van der Waals surface area contributed by atoms with Crippen LogP contribution < -0.4 is 5.32 Å². The molecule has 1 aromatic carbocycles. The minimum Gasteiger partial charge on any atom is -0.320 e. The van der Waals surface area contributed by atoms with Gasteiger partial charge in [0.1, 0.15) is 5.01 Å². The zero-order chi connectivity index (χ0) is 17.9. The first-order chi connectivity index (χ1) is 11.9. The molecule has 134 valence electrons. The van der Waals surface area contributed by atoms with E-state index < -0.39 is 0 Å². The maximum absolute atomic E-state index is 12.4. The molecule has 1 aliphatic heterocycles.